The van der Waals surface area contributed by atoms with E-state index < -0.39 is 54.6 Å². The van der Waals surface area contributed by atoms with Gasteiger partial charge in [0.2, 0.25) is 6.29 Å². The lowest BCUT2D eigenvalue weighted by Crippen LogP contribution is -2.67. The molecule has 1 aromatic carbocycles. The molecule has 2 rings (SSSR count). The van der Waals surface area contributed by atoms with Gasteiger partial charge in [-0.05, 0) is 12.1 Å². The normalized spacial score (nSPS) is 25.0. The number of ether oxygens (including phenoxy) is 6. The standard InChI is InChI=1S/C20H25NO10/c1-11(22)27-10-15-17(28-12(2)23)18(29-13(3)24)16(21-20(25)26-4)19(31-15)30-14-8-6-5-7-9-14/h5-9,15-19H,10H2,1-4H3,(H,21,25)/t15-,16-,17-,18-,19+/m1/s1. The molecule has 170 valence electrons. The summed E-state index contributed by atoms with van der Waals surface area (Å²) in [6.07, 6.45) is -5.56. The topological polar surface area (TPSA) is 136 Å². The molecule has 1 N–H and O–H groups in total. The van der Waals surface area contributed by atoms with Crippen LogP contribution in [0.1, 0.15) is 20.8 Å². The average molecular weight is 439 g/mol. The van der Waals surface area contributed by atoms with E-state index in [4.69, 9.17) is 23.7 Å². The molecule has 1 aromatic rings. The van der Waals surface area contributed by atoms with Crippen molar-refractivity contribution in [1.29, 1.82) is 0 Å². The monoisotopic (exact) mass is 439 g/mol. The molecule has 0 bridgehead atoms. The smallest absolute Gasteiger partial charge is 0.407 e. The highest BCUT2D eigenvalue weighted by Gasteiger charge is 2.52. The Kier molecular flexibility index (Phi) is 8.62. The number of carbonyl (C=O) groups is 4. The lowest BCUT2D eigenvalue weighted by Gasteiger charge is -2.44. The fourth-order valence-electron chi connectivity index (χ4n) is 2.98. The average Bonchev–Trinajstić information content (AvgIpc) is 2.70. The summed E-state index contributed by atoms with van der Waals surface area (Å²) in [4.78, 5) is 46.8. The van der Waals surface area contributed by atoms with Gasteiger partial charge in [0.15, 0.2) is 12.2 Å². The van der Waals surface area contributed by atoms with E-state index in [2.05, 4.69) is 10.1 Å². The lowest BCUT2D eigenvalue weighted by atomic mass is 9.96. The van der Waals surface area contributed by atoms with Crippen molar-refractivity contribution in [3.8, 4) is 5.75 Å². The van der Waals surface area contributed by atoms with Gasteiger partial charge in [-0.25, -0.2) is 4.79 Å². The minimum Gasteiger partial charge on any atom is -0.463 e. The molecule has 1 saturated heterocycles. The maximum absolute atomic E-state index is 12.0. The zero-order valence-corrected chi connectivity index (χ0v) is 17.6. The number of nitrogens with one attached hydrogen (secondary N) is 1. The number of alkyl carbamates (subject to hydrolysis) is 1. The third-order valence-corrected chi connectivity index (χ3v) is 4.17. The van der Waals surface area contributed by atoms with Gasteiger partial charge < -0.3 is 33.7 Å². The number of benzene rings is 1. The Hall–Kier alpha value is -3.34. The number of para-hydroxylation sites is 1. The lowest BCUT2D eigenvalue weighted by molar-refractivity contribution is -0.256. The highest BCUT2D eigenvalue weighted by Crippen LogP contribution is 2.29. The number of hydrogen-bond donors (Lipinski definition) is 1. The van der Waals surface area contributed by atoms with Gasteiger partial charge in [0.1, 0.15) is 24.5 Å². The molecule has 1 fully saturated rings. The molecule has 0 saturated carbocycles. The summed E-state index contributed by atoms with van der Waals surface area (Å²) < 4.78 is 32.1. The third-order valence-electron chi connectivity index (χ3n) is 4.17. The van der Waals surface area contributed by atoms with E-state index >= 15 is 0 Å². The first-order chi connectivity index (χ1) is 14.7. The van der Waals surface area contributed by atoms with E-state index in [-0.39, 0.29) is 6.61 Å². The molecule has 11 nitrogen and oxygen atoms in total. The second-order valence-electron chi connectivity index (χ2n) is 6.59. The largest absolute Gasteiger partial charge is 0.463 e. The summed E-state index contributed by atoms with van der Waals surface area (Å²) in [5.41, 5.74) is 0. The Morgan fingerprint density at radius 1 is 0.935 bits per heavy atom. The summed E-state index contributed by atoms with van der Waals surface area (Å²) in [6, 6.07) is 7.40. The fourth-order valence-corrected chi connectivity index (χ4v) is 2.98. The van der Waals surface area contributed by atoms with Crippen molar-refractivity contribution in [2.45, 2.75) is 51.4 Å². The van der Waals surface area contributed by atoms with Crippen LogP contribution in [0.15, 0.2) is 30.3 Å². The van der Waals surface area contributed by atoms with E-state index in [1.54, 1.807) is 30.3 Å². The van der Waals surface area contributed by atoms with Crippen molar-refractivity contribution in [1.82, 2.24) is 5.32 Å². The molecule has 1 amide bonds. The van der Waals surface area contributed by atoms with E-state index in [9.17, 15) is 19.2 Å². The zero-order chi connectivity index (χ0) is 23.0. The van der Waals surface area contributed by atoms with Crippen molar-refractivity contribution >= 4 is 24.0 Å². The zero-order valence-electron chi connectivity index (χ0n) is 17.6. The first-order valence-electron chi connectivity index (χ1n) is 9.40. The van der Waals surface area contributed by atoms with Gasteiger partial charge in [-0.1, -0.05) is 18.2 Å². The van der Waals surface area contributed by atoms with Gasteiger partial charge in [-0.2, -0.15) is 0 Å². The highest BCUT2D eigenvalue weighted by atomic mass is 16.7. The van der Waals surface area contributed by atoms with Crippen LogP contribution in [-0.2, 0) is 38.1 Å². The summed E-state index contributed by atoms with van der Waals surface area (Å²) in [5, 5.41) is 2.50. The van der Waals surface area contributed by atoms with Crippen LogP contribution in [0.5, 0.6) is 5.75 Å². The number of esters is 3. The molecule has 0 aliphatic carbocycles. The van der Waals surface area contributed by atoms with Gasteiger partial charge in [0.05, 0.1) is 7.11 Å². The van der Waals surface area contributed by atoms with E-state index in [0.29, 0.717) is 5.75 Å². The van der Waals surface area contributed by atoms with Crippen molar-refractivity contribution < 1.29 is 47.6 Å². The summed E-state index contributed by atoms with van der Waals surface area (Å²) in [6.45, 7) is 3.20. The highest BCUT2D eigenvalue weighted by molar-refractivity contribution is 5.69. The first-order valence-corrected chi connectivity index (χ1v) is 9.40. The third kappa shape index (κ3) is 7.14. The van der Waals surface area contributed by atoms with Crippen LogP contribution in [0.2, 0.25) is 0 Å². The summed E-state index contributed by atoms with van der Waals surface area (Å²) >= 11 is 0. The SMILES string of the molecule is COC(=O)N[C@H]1[C@@H](Oc2ccccc2)O[C@H](COC(C)=O)[C@@H](OC(C)=O)[C@@H]1OC(C)=O. The minimum atomic E-state index is -1.23. The maximum Gasteiger partial charge on any atom is 0.407 e. The molecule has 31 heavy (non-hydrogen) atoms. The summed E-state index contributed by atoms with van der Waals surface area (Å²) in [5.74, 6) is -1.60. The van der Waals surface area contributed by atoms with Crippen LogP contribution >= 0.6 is 0 Å². The molecular weight excluding hydrogens is 414 g/mol. The molecular formula is C20H25NO10. The Bertz CT molecular complexity index is 783. The number of carbonyl (C=O) groups excluding carboxylic acids is 4. The summed E-state index contributed by atoms with van der Waals surface area (Å²) in [7, 11) is 1.15. The molecule has 0 unspecified atom stereocenters. The molecule has 5 atom stereocenters. The van der Waals surface area contributed by atoms with Crippen molar-refractivity contribution in [2.75, 3.05) is 13.7 Å². The Morgan fingerprint density at radius 2 is 1.55 bits per heavy atom. The molecule has 0 radical (unpaired) electrons. The van der Waals surface area contributed by atoms with Crippen molar-refractivity contribution in [3.63, 3.8) is 0 Å². The first kappa shape index (κ1) is 23.9. The van der Waals surface area contributed by atoms with E-state index in [1.807, 2.05) is 0 Å². The molecule has 0 aromatic heterocycles. The molecule has 1 heterocycles. The quantitative estimate of drug-likeness (QED) is 0.483. The number of amides is 1. The number of rotatable bonds is 7. The van der Waals surface area contributed by atoms with Gasteiger partial charge >= 0.3 is 24.0 Å². The van der Waals surface area contributed by atoms with Crippen LogP contribution in [0.3, 0.4) is 0 Å². The maximum atomic E-state index is 12.0. The van der Waals surface area contributed by atoms with Crippen LogP contribution in [0, 0.1) is 0 Å². The van der Waals surface area contributed by atoms with Crippen molar-refractivity contribution in [2.24, 2.45) is 0 Å². The van der Waals surface area contributed by atoms with Crippen LogP contribution in [0.4, 0.5) is 4.79 Å². The Balaban J connectivity index is 2.44. The van der Waals surface area contributed by atoms with E-state index in [0.717, 1.165) is 21.0 Å². The second-order valence-corrected chi connectivity index (χ2v) is 6.59. The second kappa shape index (κ2) is 11.2. The fraction of sp³-hybridized carbons (Fsp3) is 0.500. The van der Waals surface area contributed by atoms with Gasteiger partial charge in [-0.15, -0.1) is 0 Å². The minimum absolute atomic E-state index is 0.315. The molecule has 1 aliphatic heterocycles. The number of hydrogen-bond acceptors (Lipinski definition) is 10. The predicted octanol–water partition coefficient (Wildman–Crippen LogP) is 0.941. The van der Waals surface area contributed by atoms with Crippen LogP contribution in [-0.4, -0.2) is 68.4 Å². The van der Waals surface area contributed by atoms with Gasteiger partial charge in [0.25, 0.3) is 0 Å². The van der Waals surface area contributed by atoms with Gasteiger partial charge in [-0.3, -0.25) is 14.4 Å². The Morgan fingerprint density at radius 3 is 2.10 bits per heavy atom. The van der Waals surface area contributed by atoms with Crippen LogP contribution in [0.25, 0.3) is 0 Å². The van der Waals surface area contributed by atoms with Crippen LogP contribution < -0.4 is 10.1 Å². The Labute approximate surface area is 178 Å². The molecule has 1 aliphatic rings. The molecule has 11 heteroatoms. The van der Waals surface area contributed by atoms with Crippen molar-refractivity contribution in [3.05, 3.63) is 30.3 Å². The predicted molar refractivity (Wildman–Crippen MR) is 103 cm³/mol. The van der Waals surface area contributed by atoms with Gasteiger partial charge in [0, 0.05) is 20.8 Å². The number of methoxy groups -OCH3 is 1. The molecule has 0 spiro atoms. The van der Waals surface area contributed by atoms with E-state index in [1.165, 1.54) is 6.92 Å².